The Hall–Kier alpha value is -2.94. The number of carbonyl (C=O) groups is 2. The Morgan fingerprint density at radius 1 is 1.23 bits per heavy atom. The first-order valence-electron chi connectivity index (χ1n) is 10.4. The van der Waals surface area contributed by atoms with Crippen LogP contribution in [-0.4, -0.2) is 83.3 Å². The molecule has 1 fully saturated rings. The van der Waals surface area contributed by atoms with Gasteiger partial charge in [0.2, 0.25) is 0 Å². The molecule has 160 valence electrons. The molecule has 9 heteroatoms. The lowest BCUT2D eigenvalue weighted by atomic mass is 9.94. The quantitative estimate of drug-likeness (QED) is 0.776. The maximum Gasteiger partial charge on any atom is 0.270 e. The topological polar surface area (TPSA) is 92.6 Å². The van der Waals surface area contributed by atoms with Crippen LogP contribution >= 0.6 is 0 Å². The van der Waals surface area contributed by atoms with Gasteiger partial charge in [-0.05, 0) is 31.9 Å². The molecule has 2 aliphatic heterocycles. The van der Waals surface area contributed by atoms with E-state index in [1.54, 1.807) is 31.6 Å². The van der Waals surface area contributed by atoms with Gasteiger partial charge in [-0.25, -0.2) is 0 Å². The van der Waals surface area contributed by atoms with Crippen LogP contribution in [0.15, 0.2) is 24.5 Å². The molecule has 30 heavy (non-hydrogen) atoms. The molecule has 0 unspecified atom stereocenters. The Morgan fingerprint density at radius 2 is 2.03 bits per heavy atom. The maximum absolute atomic E-state index is 13.0. The van der Waals surface area contributed by atoms with Gasteiger partial charge in [0, 0.05) is 51.5 Å². The summed E-state index contributed by atoms with van der Waals surface area (Å²) >= 11 is 0. The fraction of sp³-hybridized carbons (Fsp3) is 0.524. The van der Waals surface area contributed by atoms with Gasteiger partial charge in [-0.2, -0.15) is 5.10 Å². The minimum absolute atomic E-state index is 0.0645. The lowest BCUT2D eigenvalue weighted by molar-refractivity contribution is 0.0661. The number of nitrogens with zero attached hydrogens (tertiary/aromatic N) is 5. The average molecular weight is 412 g/mol. The highest BCUT2D eigenvalue weighted by atomic mass is 16.5. The number of amides is 2. The molecular formula is C21H28N6O3. The molecule has 0 radical (unpaired) electrons. The van der Waals surface area contributed by atoms with Crippen molar-refractivity contribution in [3.05, 3.63) is 41.5 Å². The number of methoxy groups -OCH3 is 1. The van der Waals surface area contributed by atoms with Crippen molar-refractivity contribution < 1.29 is 14.3 Å². The monoisotopic (exact) mass is 412 g/mol. The summed E-state index contributed by atoms with van der Waals surface area (Å²) in [6.45, 7) is 4.55. The Balaban J connectivity index is 1.38. The summed E-state index contributed by atoms with van der Waals surface area (Å²) in [7, 11) is 3.63. The molecule has 2 aromatic rings. The fourth-order valence-corrected chi connectivity index (χ4v) is 4.02. The molecule has 1 atom stereocenters. The molecule has 0 bridgehead atoms. The first kappa shape index (κ1) is 20.3. The second-order valence-corrected chi connectivity index (χ2v) is 7.97. The lowest BCUT2D eigenvalue weighted by Gasteiger charge is -2.32. The number of hydrogen-bond donors (Lipinski definition) is 1. The molecule has 4 rings (SSSR count). The first-order chi connectivity index (χ1) is 14.5. The van der Waals surface area contributed by atoms with Gasteiger partial charge in [0.15, 0.2) is 0 Å². The minimum Gasteiger partial charge on any atom is -0.497 e. The molecule has 1 saturated heterocycles. The van der Waals surface area contributed by atoms with Crippen LogP contribution in [0, 0.1) is 5.92 Å². The third-order valence-electron chi connectivity index (χ3n) is 5.95. The highest BCUT2D eigenvalue weighted by molar-refractivity contribution is 5.95. The van der Waals surface area contributed by atoms with Crippen LogP contribution in [0.1, 0.15) is 33.0 Å². The van der Waals surface area contributed by atoms with Gasteiger partial charge in [-0.1, -0.05) is 0 Å². The number of hydrogen-bond acceptors (Lipinski definition) is 6. The Morgan fingerprint density at radius 3 is 2.80 bits per heavy atom. The van der Waals surface area contributed by atoms with Crippen molar-refractivity contribution in [2.75, 3.05) is 46.9 Å². The molecule has 2 amide bonds. The minimum atomic E-state index is -0.221. The van der Waals surface area contributed by atoms with Crippen molar-refractivity contribution in [1.29, 1.82) is 0 Å². The number of aromatic nitrogens is 3. The van der Waals surface area contributed by atoms with E-state index in [-0.39, 0.29) is 17.7 Å². The van der Waals surface area contributed by atoms with E-state index in [1.165, 1.54) is 0 Å². The fourth-order valence-electron chi connectivity index (χ4n) is 4.02. The molecule has 2 aliphatic rings. The standard InChI is InChI=1S/C21H28N6O3/c1-25-7-9-26(10-8-25)21(29)17-14-24-27-6-4-15(11-19(17)27)13-23-20(28)18-12-16(30-2)3-5-22-18/h3,5,12,14-15H,4,6-11,13H2,1-2H3,(H,23,28)/t15-/m0/s1. The van der Waals surface area contributed by atoms with Crippen LogP contribution in [0.25, 0.3) is 0 Å². The largest absolute Gasteiger partial charge is 0.497 e. The van der Waals surface area contributed by atoms with Gasteiger partial charge >= 0.3 is 0 Å². The molecule has 0 saturated carbocycles. The van der Waals surface area contributed by atoms with Crippen LogP contribution in [-0.2, 0) is 13.0 Å². The number of piperazine rings is 1. The van der Waals surface area contributed by atoms with Gasteiger partial charge in [0.1, 0.15) is 11.4 Å². The van der Waals surface area contributed by atoms with Crippen molar-refractivity contribution in [2.45, 2.75) is 19.4 Å². The molecule has 1 N–H and O–H groups in total. The van der Waals surface area contributed by atoms with Crippen molar-refractivity contribution in [3.63, 3.8) is 0 Å². The van der Waals surface area contributed by atoms with E-state index in [2.05, 4.69) is 27.3 Å². The smallest absolute Gasteiger partial charge is 0.270 e. The summed E-state index contributed by atoms with van der Waals surface area (Å²) in [5.41, 5.74) is 2.01. The van der Waals surface area contributed by atoms with Gasteiger partial charge in [0.25, 0.3) is 11.8 Å². The Kier molecular flexibility index (Phi) is 5.98. The van der Waals surface area contributed by atoms with E-state index >= 15 is 0 Å². The molecule has 4 heterocycles. The molecule has 0 aromatic carbocycles. The second kappa shape index (κ2) is 8.83. The van der Waals surface area contributed by atoms with Crippen molar-refractivity contribution in [3.8, 4) is 5.75 Å². The first-order valence-corrected chi connectivity index (χ1v) is 10.4. The molecular weight excluding hydrogens is 384 g/mol. The summed E-state index contributed by atoms with van der Waals surface area (Å²) < 4.78 is 7.09. The van der Waals surface area contributed by atoms with Gasteiger partial charge in [-0.15, -0.1) is 0 Å². The van der Waals surface area contributed by atoms with Crippen LogP contribution in [0.3, 0.4) is 0 Å². The average Bonchev–Trinajstić information content (AvgIpc) is 3.20. The number of rotatable bonds is 5. The summed E-state index contributed by atoms with van der Waals surface area (Å²) in [5, 5.41) is 7.40. The van der Waals surface area contributed by atoms with Crippen molar-refractivity contribution in [2.24, 2.45) is 5.92 Å². The van der Waals surface area contributed by atoms with Crippen LogP contribution in [0.2, 0.25) is 0 Å². The summed E-state index contributed by atoms with van der Waals surface area (Å²) in [6, 6.07) is 3.33. The number of pyridine rings is 1. The third kappa shape index (κ3) is 4.30. The molecule has 2 aromatic heterocycles. The zero-order chi connectivity index (χ0) is 21.1. The van der Waals surface area contributed by atoms with E-state index in [1.807, 2.05) is 9.58 Å². The van der Waals surface area contributed by atoms with E-state index < -0.39 is 0 Å². The SMILES string of the molecule is COc1ccnc(C(=O)NC[C@H]2CCn3ncc(C(=O)N4CCN(C)CC4)c3C2)c1. The zero-order valence-corrected chi connectivity index (χ0v) is 17.5. The Bertz CT molecular complexity index is 919. The molecule has 9 nitrogen and oxygen atoms in total. The number of nitrogens with one attached hydrogen (secondary N) is 1. The van der Waals surface area contributed by atoms with Crippen molar-refractivity contribution >= 4 is 11.8 Å². The van der Waals surface area contributed by atoms with E-state index in [0.29, 0.717) is 23.6 Å². The van der Waals surface area contributed by atoms with Crippen LogP contribution < -0.4 is 10.1 Å². The number of ether oxygens (including phenoxy) is 1. The zero-order valence-electron chi connectivity index (χ0n) is 17.5. The highest BCUT2D eigenvalue weighted by Gasteiger charge is 2.29. The number of carbonyl (C=O) groups excluding carboxylic acids is 2. The third-order valence-corrected chi connectivity index (χ3v) is 5.95. The number of aryl methyl sites for hydroxylation is 1. The highest BCUT2D eigenvalue weighted by Crippen LogP contribution is 2.24. The van der Waals surface area contributed by atoms with Crippen molar-refractivity contribution in [1.82, 2.24) is 29.9 Å². The maximum atomic E-state index is 13.0. The predicted octanol–water partition coefficient (Wildman–Crippen LogP) is 0.667. The van der Waals surface area contributed by atoms with E-state index in [4.69, 9.17) is 4.74 Å². The Labute approximate surface area is 176 Å². The molecule has 0 spiro atoms. The summed E-state index contributed by atoms with van der Waals surface area (Å²) in [6.07, 6.45) is 4.89. The predicted molar refractivity (Wildman–Crippen MR) is 111 cm³/mol. The van der Waals surface area contributed by atoms with E-state index in [0.717, 1.165) is 51.3 Å². The van der Waals surface area contributed by atoms with Crippen LogP contribution in [0.5, 0.6) is 5.75 Å². The lowest BCUT2D eigenvalue weighted by Crippen LogP contribution is -2.47. The van der Waals surface area contributed by atoms with Gasteiger partial charge in [0.05, 0.1) is 24.6 Å². The number of fused-ring (bicyclic) bond motifs is 1. The normalized spacial score (nSPS) is 19.3. The van der Waals surface area contributed by atoms with Gasteiger partial charge in [-0.3, -0.25) is 19.3 Å². The van der Waals surface area contributed by atoms with Crippen LogP contribution in [0.4, 0.5) is 0 Å². The summed E-state index contributed by atoms with van der Waals surface area (Å²) in [4.78, 5) is 33.7. The number of likely N-dealkylation sites (N-methyl/N-ethyl adjacent to an activating group) is 1. The molecule has 0 aliphatic carbocycles. The van der Waals surface area contributed by atoms with E-state index in [9.17, 15) is 9.59 Å². The second-order valence-electron chi connectivity index (χ2n) is 7.97. The van der Waals surface area contributed by atoms with Gasteiger partial charge < -0.3 is 19.9 Å². The summed E-state index contributed by atoms with van der Waals surface area (Å²) in [5.74, 6) is 0.697.